The summed E-state index contributed by atoms with van der Waals surface area (Å²) >= 11 is 0. The van der Waals surface area contributed by atoms with Crippen LogP contribution in [0, 0.1) is 17.8 Å². The monoisotopic (exact) mass is 274 g/mol. The van der Waals surface area contributed by atoms with Gasteiger partial charge in [-0.15, -0.1) is 0 Å². The van der Waals surface area contributed by atoms with Gasteiger partial charge in [-0.05, 0) is 75.4 Å². The van der Waals surface area contributed by atoms with Crippen LogP contribution >= 0.6 is 0 Å². The Bertz CT molecular complexity index is 483. The van der Waals surface area contributed by atoms with Crippen LogP contribution in [0.3, 0.4) is 0 Å². The van der Waals surface area contributed by atoms with Crippen molar-refractivity contribution < 1.29 is 4.79 Å². The summed E-state index contributed by atoms with van der Waals surface area (Å²) in [7, 11) is 2.33. The third-order valence-electron chi connectivity index (χ3n) is 6.48. The van der Waals surface area contributed by atoms with Gasteiger partial charge in [0.15, 0.2) is 0 Å². The number of hydrogen-bond acceptors (Lipinski definition) is 2. The Kier molecular flexibility index (Phi) is 2.79. The Labute approximate surface area is 121 Å². The molecule has 20 heavy (non-hydrogen) atoms. The first-order chi connectivity index (χ1) is 9.61. The van der Waals surface area contributed by atoms with E-state index in [0.29, 0.717) is 6.42 Å². The van der Waals surface area contributed by atoms with Gasteiger partial charge in [-0.3, -0.25) is 9.69 Å². The predicted molar refractivity (Wildman–Crippen MR) is 79.0 cm³/mol. The number of carbonyl (C=O) groups is 1. The highest BCUT2D eigenvalue weighted by Crippen LogP contribution is 2.58. The van der Waals surface area contributed by atoms with E-state index in [1.807, 2.05) is 0 Å². The quantitative estimate of drug-likeness (QED) is 0.736. The molecule has 1 saturated carbocycles. The fraction of sp³-hybridized carbons (Fsp3) is 0.824. The van der Waals surface area contributed by atoms with Gasteiger partial charge in [0, 0.05) is 17.7 Å². The van der Waals surface area contributed by atoms with Gasteiger partial charge in [-0.2, -0.15) is 0 Å². The number of piperidine rings is 1. The van der Waals surface area contributed by atoms with Crippen LogP contribution < -0.4 is 5.32 Å². The van der Waals surface area contributed by atoms with E-state index in [4.69, 9.17) is 0 Å². The van der Waals surface area contributed by atoms with Crippen molar-refractivity contribution in [2.75, 3.05) is 13.6 Å². The van der Waals surface area contributed by atoms with Gasteiger partial charge in [0.1, 0.15) is 0 Å². The van der Waals surface area contributed by atoms with Gasteiger partial charge >= 0.3 is 0 Å². The Hall–Kier alpha value is -0.830. The third kappa shape index (κ3) is 1.59. The minimum absolute atomic E-state index is 0.239. The normalized spacial score (nSPS) is 44.7. The maximum Gasteiger partial charge on any atom is 0.224 e. The second-order valence-corrected chi connectivity index (χ2v) is 7.61. The molecule has 0 spiro atoms. The van der Waals surface area contributed by atoms with Gasteiger partial charge in [0.25, 0.3) is 0 Å². The molecule has 4 aliphatic rings. The number of likely N-dealkylation sites (tertiary alicyclic amines) is 1. The molecule has 0 aromatic carbocycles. The number of nitrogens with one attached hydrogen (secondary N) is 1. The molecule has 1 amide bonds. The van der Waals surface area contributed by atoms with Crippen molar-refractivity contribution in [3.05, 3.63) is 11.3 Å². The highest BCUT2D eigenvalue weighted by molar-refractivity contribution is 5.80. The van der Waals surface area contributed by atoms with Crippen molar-refractivity contribution in [1.29, 1.82) is 0 Å². The molecule has 2 aliphatic heterocycles. The first kappa shape index (κ1) is 12.9. The standard InChI is InChI=1S/C17H26N2O/c1-11-8-12-9-15-14(5-6-16(20)18-15)17(10-11)13(12)4-3-7-19(17)2/h11-13H,3-10H2,1-2H3,(H,18,20)/t11?,12-,13-,17+/m0/s1. The van der Waals surface area contributed by atoms with Gasteiger partial charge < -0.3 is 5.32 Å². The zero-order valence-electron chi connectivity index (χ0n) is 12.7. The van der Waals surface area contributed by atoms with Crippen LogP contribution in [0.4, 0.5) is 0 Å². The number of carbonyl (C=O) groups excluding carboxylic acids is 1. The summed E-state index contributed by atoms with van der Waals surface area (Å²) < 4.78 is 0. The SMILES string of the molecule is CC1C[C@H]2CC3=C(CCC(=O)N3)[C@@]3(C1)[C@H]2CCCN3C. The van der Waals surface area contributed by atoms with Crippen LogP contribution in [0.15, 0.2) is 11.3 Å². The minimum Gasteiger partial charge on any atom is -0.330 e. The molecule has 2 aliphatic carbocycles. The first-order valence-electron chi connectivity index (χ1n) is 8.35. The van der Waals surface area contributed by atoms with Crippen LogP contribution in [-0.4, -0.2) is 29.9 Å². The van der Waals surface area contributed by atoms with E-state index >= 15 is 0 Å². The smallest absolute Gasteiger partial charge is 0.224 e. The first-order valence-corrected chi connectivity index (χ1v) is 8.35. The Balaban J connectivity index is 1.85. The molecule has 1 N–H and O–H groups in total. The second kappa shape index (κ2) is 4.33. The van der Waals surface area contributed by atoms with E-state index in [0.717, 1.165) is 30.6 Å². The van der Waals surface area contributed by atoms with Gasteiger partial charge in [0.2, 0.25) is 5.91 Å². The van der Waals surface area contributed by atoms with Crippen LogP contribution in [-0.2, 0) is 4.79 Å². The zero-order chi connectivity index (χ0) is 13.9. The lowest BCUT2D eigenvalue weighted by atomic mass is 9.52. The number of likely N-dealkylation sites (N-methyl/N-ethyl adjacent to an activating group) is 1. The van der Waals surface area contributed by atoms with Crippen LogP contribution in [0.5, 0.6) is 0 Å². The number of hydrogen-bond donors (Lipinski definition) is 1. The van der Waals surface area contributed by atoms with Crippen LogP contribution in [0.25, 0.3) is 0 Å². The highest BCUT2D eigenvalue weighted by Gasteiger charge is 2.57. The molecule has 2 fully saturated rings. The number of nitrogens with zero attached hydrogens (tertiary/aromatic N) is 1. The van der Waals surface area contributed by atoms with E-state index in [9.17, 15) is 4.79 Å². The maximum absolute atomic E-state index is 11.8. The maximum atomic E-state index is 11.8. The summed E-state index contributed by atoms with van der Waals surface area (Å²) in [6.07, 6.45) is 8.23. The predicted octanol–water partition coefficient (Wildman–Crippen LogP) is 2.68. The molecule has 2 bridgehead atoms. The number of rotatable bonds is 0. The zero-order valence-corrected chi connectivity index (χ0v) is 12.7. The third-order valence-corrected chi connectivity index (χ3v) is 6.48. The summed E-state index contributed by atoms with van der Waals surface area (Å²) in [5.74, 6) is 2.69. The van der Waals surface area contributed by atoms with Crippen LogP contribution in [0.2, 0.25) is 0 Å². The molecule has 4 rings (SSSR count). The lowest BCUT2D eigenvalue weighted by Gasteiger charge is -2.62. The minimum atomic E-state index is 0.239. The average Bonchev–Trinajstić information content (AvgIpc) is 2.39. The molecular formula is C17H26N2O. The molecule has 3 heteroatoms. The summed E-state index contributed by atoms with van der Waals surface area (Å²) in [6.45, 7) is 3.65. The Morgan fingerprint density at radius 3 is 3.05 bits per heavy atom. The van der Waals surface area contributed by atoms with Crippen molar-refractivity contribution in [1.82, 2.24) is 10.2 Å². The summed E-state index contributed by atoms with van der Waals surface area (Å²) in [5.41, 5.74) is 3.19. The molecule has 0 aromatic heterocycles. The summed E-state index contributed by atoms with van der Waals surface area (Å²) in [6, 6.07) is 0. The van der Waals surface area contributed by atoms with Gasteiger partial charge in [0.05, 0.1) is 0 Å². The van der Waals surface area contributed by atoms with E-state index in [-0.39, 0.29) is 11.4 Å². The van der Waals surface area contributed by atoms with Crippen LogP contribution in [0.1, 0.15) is 51.9 Å². The average molecular weight is 274 g/mol. The molecule has 1 saturated heterocycles. The topological polar surface area (TPSA) is 32.3 Å². The molecule has 0 aromatic rings. The molecule has 1 unspecified atom stereocenters. The van der Waals surface area contributed by atoms with E-state index in [2.05, 4.69) is 24.2 Å². The summed E-state index contributed by atoms with van der Waals surface area (Å²) in [4.78, 5) is 14.4. The highest BCUT2D eigenvalue weighted by atomic mass is 16.1. The van der Waals surface area contributed by atoms with E-state index in [1.165, 1.54) is 37.9 Å². The Morgan fingerprint density at radius 1 is 1.35 bits per heavy atom. The van der Waals surface area contributed by atoms with E-state index < -0.39 is 0 Å². The lowest BCUT2D eigenvalue weighted by Crippen LogP contribution is -2.64. The van der Waals surface area contributed by atoms with Gasteiger partial charge in [-0.1, -0.05) is 6.92 Å². The molecule has 4 atom stereocenters. The number of amides is 1. The Morgan fingerprint density at radius 2 is 2.20 bits per heavy atom. The molecule has 2 heterocycles. The molecular weight excluding hydrogens is 248 g/mol. The summed E-state index contributed by atoms with van der Waals surface area (Å²) in [5, 5.41) is 3.22. The largest absolute Gasteiger partial charge is 0.330 e. The molecule has 110 valence electrons. The van der Waals surface area contributed by atoms with Crippen molar-refractivity contribution in [2.45, 2.75) is 57.4 Å². The van der Waals surface area contributed by atoms with Crippen molar-refractivity contribution in [3.8, 4) is 0 Å². The van der Waals surface area contributed by atoms with Crippen molar-refractivity contribution in [3.63, 3.8) is 0 Å². The molecule has 3 nitrogen and oxygen atoms in total. The van der Waals surface area contributed by atoms with E-state index in [1.54, 1.807) is 5.57 Å². The molecule has 0 radical (unpaired) electrons. The second-order valence-electron chi connectivity index (χ2n) is 7.61. The van der Waals surface area contributed by atoms with Crippen molar-refractivity contribution >= 4 is 5.91 Å². The lowest BCUT2D eigenvalue weighted by molar-refractivity contribution is -0.122. The van der Waals surface area contributed by atoms with Crippen molar-refractivity contribution in [2.24, 2.45) is 17.8 Å². The van der Waals surface area contributed by atoms with Gasteiger partial charge in [-0.25, -0.2) is 0 Å². The fourth-order valence-electron chi connectivity index (χ4n) is 5.91. The number of allylic oxidation sites excluding steroid dienone is 1. The fourth-order valence-corrected chi connectivity index (χ4v) is 5.91.